The van der Waals surface area contributed by atoms with Crippen LogP contribution in [-0.2, 0) is 0 Å². The Labute approximate surface area is 129 Å². The Morgan fingerprint density at radius 3 is 1.96 bits per heavy atom. The smallest absolute Gasteiger partial charge is 0.277 e. The van der Waals surface area contributed by atoms with E-state index in [1.165, 1.54) is 6.07 Å². The number of nitrogens with zero attached hydrogens (tertiary/aromatic N) is 5. The standard InChI is InChI=1S/C14H5N5O4/c15-3-13(4-16)12(14(13,5-17)6-18)8-1-10-11(23-7-22-10)2-9(8)19(20)21/h1-2,12H,7H2. The second-order valence-corrected chi connectivity index (χ2v) is 5.02. The quantitative estimate of drug-likeness (QED) is 0.587. The summed E-state index contributed by atoms with van der Waals surface area (Å²) in [6.07, 6.45) is 0. The van der Waals surface area contributed by atoms with E-state index in [9.17, 15) is 31.2 Å². The lowest BCUT2D eigenvalue weighted by molar-refractivity contribution is -0.385. The number of nitro benzene ring substituents is 1. The van der Waals surface area contributed by atoms with Gasteiger partial charge in [0.25, 0.3) is 5.69 Å². The Hall–Kier alpha value is -3.82. The molecule has 1 aliphatic heterocycles. The van der Waals surface area contributed by atoms with Crippen LogP contribution in [0.2, 0.25) is 0 Å². The van der Waals surface area contributed by atoms with Crippen molar-refractivity contribution in [3.05, 3.63) is 27.8 Å². The molecule has 0 N–H and O–H groups in total. The first-order valence-electron chi connectivity index (χ1n) is 6.24. The van der Waals surface area contributed by atoms with Crippen LogP contribution in [-0.4, -0.2) is 11.7 Å². The molecule has 1 heterocycles. The SMILES string of the molecule is N#CC1(C#N)C(c2cc3c(cc2[N+](=O)[O-])OCO3)C1(C#N)C#N. The zero-order valence-corrected chi connectivity index (χ0v) is 11.3. The van der Waals surface area contributed by atoms with Gasteiger partial charge < -0.3 is 9.47 Å². The molecule has 110 valence electrons. The zero-order chi connectivity index (χ0) is 16.8. The third-order valence-corrected chi connectivity index (χ3v) is 4.14. The van der Waals surface area contributed by atoms with Crippen molar-refractivity contribution >= 4 is 5.69 Å². The van der Waals surface area contributed by atoms with Crippen LogP contribution in [0.1, 0.15) is 11.5 Å². The molecule has 3 rings (SSSR count). The number of nitriles is 4. The molecule has 9 nitrogen and oxygen atoms in total. The van der Waals surface area contributed by atoms with Crippen molar-refractivity contribution in [2.24, 2.45) is 10.8 Å². The Bertz CT molecular complexity index is 845. The van der Waals surface area contributed by atoms with Gasteiger partial charge in [0, 0.05) is 5.56 Å². The Morgan fingerprint density at radius 1 is 1.04 bits per heavy atom. The predicted molar refractivity (Wildman–Crippen MR) is 69.3 cm³/mol. The highest BCUT2D eigenvalue weighted by Gasteiger charge is 2.83. The summed E-state index contributed by atoms with van der Waals surface area (Å²) in [7, 11) is 0. The van der Waals surface area contributed by atoms with Gasteiger partial charge in [0.1, 0.15) is 0 Å². The highest BCUT2D eigenvalue weighted by Crippen LogP contribution is 2.74. The Balaban J connectivity index is 2.27. The molecular formula is C14H5N5O4. The van der Waals surface area contributed by atoms with Crippen LogP contribution in [0.4, 0.5) is 5.69 Å². The number of benzene rings is 1. The fourth-order valence-electron chi connectivity index (χ4n) is 2.94. The molecule has 2 aliphatic rings. The number of rotatable bonds is 2. The predicted octanol–water partition coefficient (Wildman–Crippen LogP) is 1.49. The van der Waals surface area contributed by atoms with Crippen LogP contribution < -0.4 is 9.47 Å². The van der Waals surface area contributed by atoms with Crippen molar-refractivity contribution in [1.82, 2.24) is 0 Å². The van der Waals surface area contributed by atoms with E-state index >= 15 is 0 Å². The molecule has 0 unspecified atom stereocenters. The molecule has 1 aliphatic carbocycles. The van der Waals surface area contributed by atoms with Gasteiger partial charge in [0.2, 0.25) is 6.79 Å². The highest BCUT2D eigenvalue weighted by molar-refractivity contribution is 5.66. The van der Waals surface area contributed by atoms with E-state index in [0.29, 0.717) is 0 Å². The van der Waals surface area contributed by atoms with Crippen molar-refractivity contribution in [3.8, 4) is 35.8 Å². The molecule has 0 atom stereocenters. The molecule has 1 fully saturated rings. The third kappa shape index (κ3) is 1.46. The second kappa shape index (κ2) is 4.34. The lowest BCUT2D eigenvalue weighted by atomic mass is 9.98. The molecule has 0 radical (unpaired) electrons. The summed E-state index contributed by atoms with van der Waals surface area (Å²) in [4.78, 5) is 10.6. The van der Waals surface area contributed by atoms with Gasteiger partial charge in [-0.25, -0.2) is 0 Å². The maximum absolute atomic E-state index is 11.3. The number of hydrogen-bond donors (Lipinski definition) is 0. The van der Waals surface area contributed by atoms with Gasteiger partial charge >= 0.3 is 0 Å². The number of ether oxygens (including phenoxy) is 2. The minimum absolute atomic E-state index is 0.0644. The lowest BCUT2D eigenvalue weighted by Gasteiger charge is -2.04. The van der Waals surface area contributed by atoms with Crippen molar-refractivity contribution in [2.45, 2.75) is 5.92 Å². The second-order valence-electron chi connectivity index (χ2n) is 5.02. The van der Waals surface area contributed by atoms with E-state index in [1.54, 1.807) is 24.3 Å². The lowest BCUT2D eigenvalue weighted by Crippen LogP contribution is -2.05. The van der Waals surface area contributed by atoms with E-state index in [4.69, 9.17) is 9.47 Å². The first-order chi connectivity index (χ1) is 11.0. The van der Waals surface area contributed by atoms with Crippen LogP contribution >= 0.6 is 0 Å². The average molecular weight is 307 g/mol. The number of fused-ring (bicyclic) bond motifs is 1. The largest absolute Gasteiger partial charge is 0.454 e. The minimum atomic E-state index is -1.96. The molecule has 0 bridgehead atoms. The van der Waals surface area contributed by atoms with Gasteiger partial charge in [0.05, 0.1) is 41.2 Å². The van der Waals surface area contributed by atoms with Gasteiger partial charge in [-0.05, 0) is 6.07 Å². The van der Waals surface area contributed by atoms with Crippen LogP contribution in [0.3, 0.4) is 0 Å². The topological polar surface area (TPSA) is 157 Å². The molecule has 0 saturated heterocycles. The van der Waals surface area contributed by atoms with Crippen molar-refractivity contribution in [3.63, 3.8) is 0 Å². The van der Waals surface area contributed by atoms with Crippen molar-refractivity contribution in [2.75, 3.05) is 6.79 Å². The fraction of sp³-hybridized carbons (Fsp3) is 0.286. The maximum Gasteiger partial charge on any atom is 0.277 e. The molecule has 0 amide bonds. The number of nitro groups is 1. The summed E-state index contributed by atoms with van der Waals surface area (Å²) < 4.78 is 10.2. The summed E-state index contributed by atoms with van der Waals surface area (Å²) in [5, 5.41) is 48.5. The molecule has 0 aromatic heterocycles. The molecule has 23 heavy (non-hydrogen) atoms. The van der Waals surface area contributed by atoms with Gasteiger partial charge in [-0.15, -0.1) is 0 Å². The van der Waals surface area contributed by atoms with Gasteiger partial charge in [-0.3, -0.25) is 10.1 Å². The minimum Gasteiger partial charge on any atom is -0.454 e. The van der Waals surface area contributed by atoms with E-state index in [-0.39, 0.29) is 23.9 Å². The summed E-state index contributed by atoms with van der Waals surface area (Å²) in [6, 6.07) is 9.07. The van der Waals surface area contributed by atoms with E-state index < -0.39 is 27.4 Å². The Kier molecular flexibility index (Phi) is 2.66. The van der Waals surface area contributed by atoms with Crippen LogP contribution in [0.15, 0.2) is 12.1 Å². The first kappa shape index (κ1) is 14.1. The van der Waals surface area contributed by atoms with E-state index in [1.807, 2.05) is 0 Å². The summed E-state index contributed by atoms with van der Waals surface area (Å²) in [6.45, 7) is -0.121. The van der Waals surface area contributed by atoms with Gasteiger partial charge in [-0.1, -0.05) is 0 Å². The molecule has 1 aromatic rings. The highest BCUT2D eigenvalue weighted by atomic mass is 16.7. The van der Waals surface area contributed by atoms with Crippen molar-refractivity contribution < 1.29 is 14.4 Å². The fourth-order valence-corrected chi connectivity index (χ4v) is 2.94. The summed E-state index contributed by atoms with van der Waals surface area (Å²) in [5.41, 5.74) is -4.42. The summed E-state index contributed by atoms with van der Waals surface area (Å²) >= 11 is 0. The van der Waals surface area contributed by atoms with E-state index in [2.05, 4.69) is 0 Å². The normalized spacial score (nSPS) is 18.8. The zero-order valence-electron chi connectivity index (χ0n) is 11.3. The van der Waals surface area contributed by atoms with Crippen LogP contribution in [0, 0.1) is 66.3 Å². The molecule has 9 heteroatoms. The maximum atomic E-state index is 11.3. The summed E-state index contributed by atoms with van der Waals surface area (Å²) in [5.74, 6) is -0.873. The van der Waals surface area contributed by atoms with Crippen molar-refractivity contribution in [1.29, 1.82) is 21.0 Å². The molecule has 0 spiro atoms. The molecule has 1 saturated carbocycles. The molecule has 1 aromatic carbocycles. The third-order valence-electron chi connectivity index (χ3n) is 4.14. The number of hydrogen-bond acceptors (Lipinski definition) is 8. The van der Waals surface area contributed by atoms with Gasteiger partial charge in [0.15, 0.2) is 22.3 Å². The van der Waals surface area contributed by atoms with E-state index in [0.717, 1.165) is 6.07 Å². The first-order valence-corrected chi connectivity index (χ1v) is 6.24. The van der Waals surface area contributed by atoms with Gasteiger partial charge in [-0.2, -0.15) is 21.0 Å². The average Bonchev–Trinajstić information content (AvgIpc) is 2.87. The van der Waals surface area contributed by atoms with Crippen LogP contribution in [0.5, 0.6) is 11.5 Å². The monoisotopic (exact) mass is 307 g/mol. The Morgan fingerprint density at radius 2 is 1.52 bits per heavy atom. The molecular weight excluding hydrogens is 302 g/mol. The van der Waals surface area contributed by atoms with Crippen LogP contribution in [0.25, 0.3) is 0 Å².